The van der Waals surface area contributed by atoms with Crippen molar-refractivity contribution in [3.05, 3.63) is 58.7 Å². The Balaban J connectivity index is 1.50. The second kappa shape index (κ2) is 8.68. The van der Waals surface area contributed by atoms with Gasteiger partial charge >= 0.3 is 0 Å². The van der Waals surface area contributed by atoms with Gasteiger partial charge in [-0.3, -0.25) is 9.59 Å². The summed E-state index contributed by atoms with van der Waals surface area (Å²) in [6.07, 6.45) is -0.233. The lowest BCUT2D eigenvalue weighted by atomic mass is 9.86. The van der Waals surface area contributed by atoms with E-state index in [0.717, 1.165) is 24.2 Å². The van der Waals surface area contributed by atoms with Gasteiger partial charge in [0.1, 0.15) is 24.2 Å². The Bertz CT molecular complexity index is 1080. The molecule has 4 N–H and O–H groups in total. The smallest absolute Gasteiger partial charge is 0.254 e. The fourth-order valence-electron chi connectivity index (χ4n) is 5.23. The van der Waals surface area contributed by atoms with Crippen molar-refractivity contribution in [2.75, 3.05) is 33.4 Å². The number of piperidine rings is 1. The molecule has 5 rings (SSSR count). The minimum Gasteiger partial charge on any atom is -0.491 e. The Morgan fingerprint density at radius 3 is 2.70 bits per heavy atom. The summed E-state index contributed by atoms with van der Waals surface area (Å²) in [5, 5.41) is 18.2. The zero-order chi connectivity index (χ0) is 23.1. The number of amides is 2. The monoisotopic (exact) mass is 451 g/mol. The molecule has 1 saturated carbocycles. The summed E-state index contributed by atoms with van der Waals surface area (Å²) in [5.74, 6) is 1.54. The highest BCUT2D eigenvalue weighted by molar-refractivity contribution is 6.02. The molecule has 3 unspecified atom stereocenters. The second-order valence-electron chi connectivity index (χ2n) is 8.95. The van der Waals surface area contributed by atoms with Gasteiger partial charge in [0.2, 0.25) is 0 Å². The van der Waals surface area contributed by atoms with Crippen LogP contribution in [0, 0.1) is 11.8 Å². The predicted molar refractivity (Wildman–Crippen MR) is 122 cm³/mol. The summed E-state index contributed by atoms with van der Waals surface area (Å²) >= 11 is 0. The zero-order valence-electron chi connectivity index (χ0n) is 18.8. The number of hydrogen-bond donors (Lipinski definition) is 4. The molecular formula is C25H29N3O5. The highest BCUT2D eigenvalue weighted by Crippen LogP contribution is 2.46. The van der Waals surface area contributed by atoms with E-state index in [2.05, 4.69) is 16.0 Å². The molecule has 2 fully saturated rings. The van der Waals surface area contributed by atoms with Crippen LogP contribution in [0.15, 0.2) is 36.4 Å². The summed E-state index contributed by atoms with van der Waals surface area (Å²) in [4.78, 5) is 25.8. The van der Waals surface area contributed by atoms with Crippen LogP contribution in [-0.4, -0.2) is 62.4 Å². The Kier molecular flexibility index (Phi) is 5.72. The lowest BCUT2D eigenvalue weighted by Crippen LogP contribution is -2.32. The van der Waals surface area contributed by atoms with Crippen LogP contribution in [0.1, 0.15) is 44.7 Å². The van der Waals surface area contributed by atoms with Gasteiger partial charge in [0.05, 0.1) is 12.2 Å². The van der Waals surface area contributed by atoms with Gasteiger partial charge in [0, 0.05) is 43.2 Å². The third kappa shape index (κ3) is 3.94. The van der Waals surface area contributed by atoms with Crippen LogP contribution in [0.5, 0.6) is 11.5 Å². The van der Waals surface area contributed by atoms with E-state index in [9.17, 15) is 9.59 Å². The van der Waals surface area contributed by atoms with Gasteiger partial charge in [0.15, 0.2) is 0 Å². The van der Waals surface area contributed by atoms with Crippen molar-refractivity contribution in [3.63, 3.8) is 0 Å². The normalized spacial score (nSPS) is 26.7. The van der Waals surface area contributed by atoms with Gasteiger partial charge in [0.25, 0.3) is 11.8 Å². The Labute approximate surface area is 192 Å². The van der Waals surface area contributed by atoms with Gasteiger partial charge in [-0.25, -0.2) is 0 Å². The van der Waals surface area contributed by atoms with Crippen LogP contribution in [0.4, 0.5) is 0 Å². The number of rotatable bonds is 7. The van der Waals surface area contributed by atoms with E-state index in [0.29, 0.717) is 34.5 Å². The molecule has 2 amide bonds. The maximum absolute atomic E-state index is 13.1. The molecule has 8 nitrogen and oxygen atoms in total. The minimum atomic E-state index is -0.290. The molecule has 2 heterocycles. The number of hydrogen-bond acceptors (Lipinski definition) is 6. The predicted octanol–water partition coefficient (Wildman–Crippen LogP) is 1.28. The van der Waals surface area contributed by atoms with Crippen molar-refractivity contribution in [2.45, 2.75) is 25.0 Å². The largest absolute Gasteiger partial charge is 0.491 e. The SMILES string of the molecule is CNC(=O)c1cc(C(=O)NC2[C@H]3CNC[C@@H]23)cc2c1OC(C)C2c1cccc(OCCO)c1. The van der Waals surface area contributed by atoms with Crippen LogP contribution in [-0.2, 0) is 0 Å². The summed E-state index contributed by atoms with van der Waals surface area (Å²) in [5.41, 5.74) is 2.59. The fraction of sp³-hybridized carbons (Fsp3) is 0.440. The van der Waals surface area contributed by atoms with Gasteiger partial charge in [-0.15, -0.1) is 0 Å². The van der Waals surface area contributed by atoms with Crippen molar-refractivity contribution < 1.29 is 24.2 Å². The molecule has 1 aliphatic carbocycles. The van der Waals surface area contributed by atoms with Gasteiger partial charge in [-0.2, -0.15) is 0 Å². The molecular weight excluding hydrogens is 422 g/mol. The average molecular weight is 452 g/mol. The standard InChI is InChI=1S/C25H29N3O5/c1-13-21(14-4-3-5-16(8-14)32-7-6-29)17-9-15(10-18(23(17)33-13)25(31)26-2)24(30)28-22-19-11-27-12-20(19)22/h3-5,8-10,13,19-22,27,29H,6-7,11-12H2,1-2H3,(H,26,31)(H,28,30)/t13?,19-,20+,21?,22?. The number of carbonyl (C=O) groups excluding carboxylic acids is 2. The van der Waals surface area contributed by atoms with E-state index in [1.54, 1.807) is 13.1 Å². The van der Waals surface area contributed by atoms with E-state index in [1.165, 1.54) is 0 Å². The van der Waals surface area contributed by atoms with E-state index >= 15 is 0 Å². The molecule has 5 atom stereocenters. The topological polar surface area (TPSA) is 109 Å². The minimum absolute atomic E-state index is 0.0667. The van der Waals surface area contributed by atoms with Crippen LogP contribution in [0.2, 0.25) is 0 Å². The molecule has 3 aliphatic rings. The molecule has 0 bridgehead atoms. The number of benzene rings is 2. The molecule has 8 heteroatoms. The van der Waals surface area contributed by atoms with E-state index < -0.39 is 0 Å². The molecule has 2 aliphatic heterocycles. The molecule has 174 valence electrons. The quantitative estimate of drug-likeness (QED) is 0.505. The maximum atomic E-state index is 13.1. The second-order valence-corrected chi connectivity index (χ2v) is 8.95. The number of ether oxygens (including phenoxy) is 2. The van der Waals surface area contributed by atoms with Crippen molar-refractivity contribution >= 4 is 11.8 Å². The first-order valence-corrected chi connectivity index (χ1v) is 11.4. The zero-order valence-corrected chi connectivity index (χ0v) is 18.8. The van der Waals surface area contributed by atoms with Gasteiger partial charge in [-0.1, -0.05) is 12.1 Å². The van der Waals surface area contributed by atoms with Gasteiger partial charge in [-0.05, 0) is 48.6 Å². The summed E-state index contributed by atoms with van der Waals surface area (Å²) in [6.45, 7) is 3.97. The Morgan fingerprint density at radius 1 is 1.18 bits per heavy atom. The number of carbonyl (C=O) groups is 2. The number of aliphatic hydroxyl groups excluding tert-OH is 1. The van der Waals surface area contributed by atoms with Crippen molar-refractivity contribution in [1.82, 2.24) is 16.0 Å². The fourth-order valence-corrected chi connectivity index (χ4v) is 5.23. The Morgan fingerprint density at radius 2 is 1.97 bits per heavy atom. The van der Waals surface area contributed by atoms with E-state index in [4.69, 9.17) is 14.6 Å². The van der Waals surface area contributed by atoms with E-state index in [-0.39, 0.29) is 43.1 Å². The molecule has 1 saturated heterocycles. The Hall–Kier alpha value is -3.10. The third-order valence-electron chi connectivity index (χ3n) is 6.93. The molecule has 2 aromatic rings. The van der Waals surface area contributed by atoms with Crippen LogP contribution in [0.3, 0.4) is 0 Å². The maximum Gasteiger partial charge on any atom is 0.254 e. The first kappa shape index (κ1) is 21.7. The van der Waals surface area contributed by atoms with Crippen molar-refractivity contribution in [3.8, 4) is 11.5 Å². The van der Waals surface area contributed by atoms with Crippen molar-refractivity contribution in [1.29, 1.82) is 0 Å². The van der Waals surface area contributed by atoms with Crippen LogP contribution >= 0.6 is 0 Å². The van der Waals surface area contributed by atoms with Crippen molar-refractivity contribution in [2.24, 2.45) is 11.8 Å². The molecule has 2 aromatic carbocycles. The number of aliphatic hydroxyl groups is 1. The van der Waals surface area contributed by atoms with Crippen LogP contribution < -0.4 is 25.4 Å². The van der Waals surface area contributed by atoms with Crippen LogP contribution in [0.25, 0.3) is 0 Å². The summed E-state index contributed by atoms with van der Waals surface area (Å²) in [6, 6.07) is 11.3. The number of fused-ring (bicyclic) bond motifs is 2. The number of nitrogens with one attached hydrogen (secondary N) is 3. The third-order valence-corrected chi connectivity index (χ3v) is 6.93. The lowest BCUT2D eigenvalue weighted by Gasteiger charge is -2.17. The first-order chi connectivity index (χ1) is 16.0. The molecule has 0 radical (unpaired) electrons. The first-order valence-electron chi connectivity index (χ1n) is 11.4. The highest BCUT2D eigenvalue weighted by Gasteiger charge is 2.53. The molecule has 0 spiro atoms. The molecule has 0 aromatic heterocycles. The average Bonchev–Trinajstić information content (AvgIpc) is 3.15. The van der Waals surface area contributed by atoms with Gasteiger partial charge < -0.3 is 30.5 Å². The summed E-state index contributed by atoms with van der Waals surface area (Å²) in [7, 11) is 1.57. The lowest BCUT2D eigenvalue weighted by molar-refractivity contribution is 0.0946. The molecule has 33 heavy (non-hydrogen) atoms. The van der Waals surface area contributed by atoms with E-state index in [1.807, 2.05) is 37.3 Å². The highest BCUT2D eigenvalue weighted by atomic mass is 16.5. The summed E-state index contributed by atoms with van der Waals surface area (Å²) < 4.78 is 11.7.